The number of carbonyl (C=O) groups is 1. The van der Waals surface area contributed by atoms with Gasteiger partial charge in [0.25, 0.3) is 5.91 Å². The maximum atomic E-state index is 12.0. The van der Waals surface area contributed by atoms with Gasteiger partial charge >= 0.3 is 0 Å². The monoisotopic (exact) mass is 260 g/mol. The van der Waals surface area contributed by atoms with Gasteiger partial charge in [0.15, 0.2) is 5.76 Å². The van der Waals surface area contributed by atoms with E-state index in [1.165, 1.54) is 7.11 Å². The van der Waals surface area contributed by atoms with Crippen LogP contribution in [0, 0.1) is 0 Å². The van der Waals surface area contributed by atoms with Crippen molar-refractivity contribution in [2.75, 3.05) is 18.2 Å². The standard InChI is InChI=1S/C14H16N2O3/c1-3-10-5-7-12(19-10)14(17)16-11-6-4-9(15)8-13(11)18-2/h4-8H,3,15H2,1-2H3,(H,16,17). The van der Waals surface area contributed by atoms with Gasteiger partial charge < -0.3 is 20.2 Å². The molecule has 0 spiro atoms. The van der Waals surface area contributed by atoms with Crippen LogP contribution >= 0.6 is 0 Å². The molecule has 0 aliphatic rings. The molecule has 100 valence electrons. The zero-order valence-electron chi connectivity index (χ0n) is 10.9. The van der Waals surface area contributed by atoms with Crippen LogP contribution in [-0.2, 0) is 6.42 Å². The summed E-state index contributed by atoms with van der Waals surface area (Å²) in [5.74, 6) is 1.24. The topological polar surface area (TPSA) is 77.5 Å². The number of nitrogen functional groups attached to an aromatic ring is 1. The Morgan fingerprint density at radius 3 is 2.79 bits per heavy atom. The summed E-state index contributed by atoms with van der Waals surface area (Å²) in [6, 6.07) is 8.47. The second-order valence-electron chi connectivity index (χ2n) is 4.03. The minimum Gasteiger partial charge on any atom is -0.494 e. The van der Waals surface area contributed by atoms with E-state index in [1.807, 2.05) is 6.92 Å². The van der Waals surface area contributed by atoms with Gasteiger partial charge in [-0.1, -0.05) is 6.92 Å². The summed E-state index contributed by atoms with van der Waals surface area (Å²) in [4.78, 5) is 12.0. The van der Waals surface area contributed by atoms with Gasteiger partial charge in [-0.15, -0.1) is 0 Å². The van der Waals surface area contributed by atoms with Gasteiger partial charge in [-0.05, 0) is 24.3 Å². The van der Waals surface area contributed by atoms with Crippen LogP contribution < -0.4 is 15.8 Å². The first-order valence-electron chi connectivity index (χ1n) is 5.97. The van der Waals surface area contributed by atoms with E-state index >= 15 is 0 Å². The third-order valence-corrected chi connectivity index (χ3v) is 2.71. The van der Waals surface area contributed by atoms with Gasteiger partial charge in [-0.2, -0.15) is 0 Å². The molecule has 0 radical (unpaired) electrons. The molecule has 1 aromatic carbocycles. The van der Waals surface area contributed by atoms with Crippen LogP contribution in [0.2, 0.25) is 0 Å². The number of aryl methyl sites for hydroxylation is 1. The van der Waals surface area contributed by atoms with E-state index < -0.39 is 0 Å². The average molecular weight is 260 g/mol. The number of furan rings is 1. The summed E-state index contributed by atoms with van der Waals surface area (Å²) in [7, 11) is 1.52. The van der Waals surface area contributed by atoms with E-state index in [0.29, 0.717) is 17.1 Å². The number of anilines is 2. The SMILES string of the molecule is CCc1ccc(C(=O)Nc2ccc(N)cc2OC)o1. The molecule has 0 aliphatic carbocycles. The highest BCUT2D eigenvalue weighted by molar-refractivity contribution is 6.03. The molecule has 0 atom stereocenters. The predicted molar refractivity (Wildman–Crippen MR) is 73.4 cm³/mol. The molecular weight excluding hydrogens is 244 g/mol. The van der Waals surface area contributed by atoms with Crippen molar-refractivity contribution in [2.24, 2.45) is 0 Å². The van der Waals surface area contributed by atoms with Crippen molar-refractivity contribution in [1.82, 2.24) is 0 Å². The van der Waals surface area contributed by atoms with Gasteiger partial charge in [-0.25, -0.2) is 0 Å². The van der Waals surface area contributed by atoms with E-state index in [9.17, 15) is 4.79 Å². The summed E-state index contributed by atoms with van der Waals surface area (Å²) in [5.41, 5.74) is 6.78. The Morgan fingerprint density at radius 1 is 1.37 bits per heavy atom. The van der Waals surface area contributed by atoms with Crippen LogP contribution in [0.1, 0.15) is 23.2 Å². The Bertz CT molecular complexity index is 590. The number of benzene rings is 1. The van der Waals surface area contributed by atoms with Crippen molar-refractivity contribution >= 4 is 17.3 Å². The first-order chi connectivity index (χ1) is 9.13. The fraction of sp³-hybridized carbons (Fsp3) is 0.214. The third-order valence-electron chi connectivity index (χ3n) is 2.71. The Kier molecular flexibility index (Phi) is 3.75. The van der Waals surface area contributed by atoms with Gasteiger partial charge in [0.2, 0.25) is 0 Å². The summed E-state index contributed by atoms with van der Waals surface area (Å²) < 4.78 is 10.6. The molecule has 0 saturated carbocycles. The molecule has 0 fully saturated rings. The van der Waals surface area contributed by atoms with Crippen molar-refractivity contribution < 1.29 is 13.9 Å². The minimum atomic E-state index is -0.317. The molecule has 0 unspecified atom stereocenters. The Morgan fingerprint density at radius 2 is 2.16 bits per heavy atom. The molecule has 0 aliphatic heterocycles. The normalized spacial score (nSPS) is 10.2. The lowest BCUT2D eigenvalue weighted by Crippen LogP contribution is -2.11. The Hall–Kier alpha value is -2.43. The zero-order chi connectivity index (χ0) is 13.8. The quantitative estimate of drug-likeness (QED) is 0.828. The highest BCUT2D eigenvalue weighted by Crippen LogP contribution is 2.27. The van der Waals surface area contributed by atoms with E-state index in [1.54, 1.807) is 30.3 Å². The summed E-state index contributed by atoms with van der Waals surface area (Å²) in [5, 5.41) is 2.73. The lowest BCUT2D eigenvalue weighted by molar-refractivity contribution is 0.0994. The molecule has 5 nitrogen and oxygen atoms in total. The molecule has 1 aromatic heterocycles. The first kappa shape index (κ1) is 13.0. The highest BCUT2D eigenvalue weighted by Gasteiger charge is 2.13. The molecule has 1 amide bonds. The number of ether oxygens (including phenoxy) is 1. The Labute approximate surface area is 111 Å². The van der Waals surface area contributed by atoms with Gasteiger partial charge in [0, 0.05) is 18.2 Å². The number of carbonyl (C=O) groups excluding carboxylic acids is 1. The average Bonchev–Trinajstić information content (AvgIpc) is 2.89. The number of rotatable bonds is 4. The van der Waals surface area contributed by atoms with E-state index in [2.05, 4.69) is 5.32 Å². The number of hydrogen-bond donors (Lipinski definition) is 2. The molecule has 0 bridgehead atoms. The molecule has 19 heavy (non-hydrogen) atoms. The third kappa shape index (κ3) is 2.88. The smallest absolute Gasteiger partial charge is 0.291 e. The first-order valence-corrected chi connectivity index (χ1v) is 5.97. The van der Waals surface area contributed by atoms with Gasteiger partial charge in [0.1, 0.15) is 11.5 Å². The van der Waals surface area contributed by atoms with Crippen LogP contribution in [0.25, 0.3) is 0 Å². The molecule has 2 aromatic rings. The van der Waals surface area contributed by atoms with Crippen molar-refractivity contribution in [2.45, 2.75) is 13.3 Å². The van der Waals surface area contributed by atoms with Crippen LogP contribution in [0.4, 0.5) is 11.4 Å². The molecule has 0 saturated heterocycles. The second kappa shape index (κ2) is 5.48. The maximum absolute atomic E-state index is 12.0. The zero-order valence-corrected chi connectivity index (χ0v) is 10.9. The molecule has 5 heteroatoms. The largest absolute Gasteiger partial charge is 0.494 e. The highest BCUT2D eigenvalue weighted by atomic mass is 16.5. The van der Waals surface area contributed by atoms with Crippen LogP contribution in [0.15, 0.2) is 34.7 Å². The molecule has 1 heterocycles. The fourth-order valence-corrected chi connectivity index (χ4v) is 1.68. The van der Waals surface area contributed by atoms with Crippen molar-refractivity contribution in [3.63, 3.8) is 0 Å². The number of hydrogen-bond acceptors (Lipinski definition) is 4. The lowest BCUT2D eigenvalue weighted by atomic mass is 10.2. The maximum Gasteiger partial charge on any atom is 0.291 e. The van der Waals surface area contributed by atoms with Gasteiger partial charge in [0.05, 0.1) is 12.8 Å². The summed E-state index contributed by atoms with van der Waals surface area (Å²) in [6.45, 7) is 1.96. The summed E-state index contributed by atoms with van der Waals surface area (Å²) in [6.07, 6.45) is 0.748. The number of nitrogens with two attached hydrogens (primary N) is 1. The molecular formula is C14H16N2O3. The summed E-state index contributed by atoms with van der Waals surface area (Å²) >= 11 is 0. The number of nitrogens with one attached hydrogen (secondary N) is 1. The number of amides is 1. The van der Waals surface area contributed by atoms with E-state index in [0.717, 1.165) is 12.2 Å². The van der Waals surface area contributed by atoms with Crippen LogP contribution in [0.5, 0.6) is 5.75 Å². The van der Waals surface area contributed by atoms with Crippen LogP contribution in [-0.4, -0.2) is 13.0 Å². The predicted octanol–water partition coefficient (Wildman–Crippen LogP) is 2.69. The fourth-order valence-electron chi connectivity index (χ4n) is 1.68. The number of methoxy groups -OCH3 is 1. The lowest BCUT2D eigenvalue weighted by Gasteiger charge is -2.09. The van der Waals surface area contributed by atoms with Crippen molar-refractivity contribution in [3.8, 4) is 5.75 Å². The molecule has 2 rings (SSSR count). The van der Waals surface area contributed by atoms with Gasteiger partial charge in [-0.3, -0.25) is 4.79 Å². The van der Waals surface area contributed by atoms with Crippen LogP contribution in [0.3, 0.4) is 0 Å². The molecule has 3 N–H and O–H groups in total. The second-order valence-corrected chi connectivity index (χ2v) is 4.03. The van der Waals surface area contributed by atoms with E-state index in [4.69, 9.17) is 14.9 Å². The van der Waals surface area contributed by atoms with E-state index in [-0.39, 0.29) is 11.7 Å². The van der Waals surface area contributed by atoms with Crippen molar-refractivity contribution in [3.05, 3.63) is 41.9 Å². The Balaban J connectivity index is 2.18. The minimum absolute atomic E-state index is 0.274. The van der Waals surface area contributed by atoms with Crippen molar-refractivity contribution in [1.29, 1.82) is 0 Å².